The van der Waals surface area contributed by atoms with Gasteiger partial charge in [-0.1, -0.05) is 0 Å². The van der Waals surface area contributed by atoms with Crippen molar-refractivity contribution in [3.05, 3.63) is 18.2 Å². The van der Waals surface area contributed by atoms with Crippen molar-refractivity contribution in [1.82, 2.24) is 5.32 Å². The normalized spacial score (nSPS) is 15.1. The fourth-order valence-electron chi connectivity index (χ4n) is 2.18. The van der Waals surface area contributed by atoms with Crippen molar-refractivity contribution in [1.29, 1.82) is 0 Å². The number of fused-ring (bicyclic) bond motifs is 1. The van der Waals surface area contributed by atoms with E-state index >= 15 is 0 Å². The molecule has 0 bridgehead atoms. The highest BCUT2D eigenvalue weighted by Gasteiger charge is 2.28. The molecule has 2 N–H and O–H groups in total. The molecular formula is C16H23N3O5S. The molecule has 0 saturated heterocycles. The number of carbonyl (C=O) groups excluding carboxylic acids is 1. The van der Waals surface area contributed by atoms with Gasteiger partial charge >= 0.3 is 0 Å². The predicted molar refractivity (Wildman–Crippen MR) is 94.6 cm³/mol. The number of hydrogen-bond donors (Lipinski definition) is 2. The molecule has 138 valence electrons. The highest BCUT2D eigenvalue weighted by Crippen LogP contribution is 2.30. The summed E-state index contributed by atoms with van der Waals surface area (Å²) in [5.41, 5.74) is 0.272. The molecule has 0 atom stereocenters. The molecule has 0 aromatic heterocycles. The maximum absolute atomic E-state index is 12.2. The molecule has 1 aliphatic heterocycles. The second kappa shape index (κ2) is 8.30. The van der Waals surface area contributed by atoms with E-state index < -0.39 is 15.9 Å². The molecule has 0 aliphatic carbocycles. The van der Waals surface area contributed by atoms with Crippen molar-refractivity contribution >= 4 is 27.5 Å². The van der Waals surface area contributed by atoms with Crippen LogP contribution in [-0.2, 0) is 19.6 Å². The first-order valence-corrected chi connectivity index (χ1v) is 9.56. The van der Waals surface area contributed by atoms with E-state index in [0.29, 0.717) is 31.9 Å². The molecule has 0 spiro atoms. The summed E-state index contributed by atoms with van der Waals surface area (Å²) in [4.78, 5) is 12.2. The number of nitrogens with one attached hydrogen (secondary N) is 2. The molecule has 1 amide bonds. The molecule has 8 nitrogen and oxygen atoms in total. The van der Waals surface area contributed by atoms with Crippen LogP contribution in [0.1, 0.15) is 27.2 Å². The van der Waals surface area contributed by atoms with Crippen LogP contribution in [0.2, 0.25) is 0 Å². The van der Waals surface area contributed by atoms with E-state index in [1.165, 1.54) is 12.1 Å². The molecule has 0 unspecified atom stereocenters. The quantitative estimate of drug-likeness (QED) is 0.673. The molecule has 1 aliphatic rings. The lowest BCUT2D eigenvalue weighted by molar-refractivity contribution is -0.114. The summed E-state index contributed by atoms with van der Waals surface area (Å²) in [6.07, 6.45) is 0.746. The number of anilines is 1. The first-order chi connectivity index (χ1) is 11.8. The van der Waals surface area contributed by atoms with E-state index in [4.69, 9.17) is 9.47 Å². The lowest BCUT2D eigenvalue weighted by Gasteiger charge is -2.18. The zero-order chi connectivity index (χ0) is 18.4. The van der Waals surface area contributed by atoms with Crippen LogP contribution in [0, 0.1) is 0 Å². The topological polar surface area (TPSA) is 106 Å². The highest BCUT2D eigenvalue weighted by molar-refractivity contribution is 7.90. The van der Waals surface area contributed by atoms with Crippen LogP contribution in [0.3, 0.4) is 0 Å². The van der Waals surface area contributed by atoms with Crippen molar-refractivity contribution in [2.24, 2.45) is 4.40 Å². The summed E-state index contributed by atoms with van der Waals surface area (Å²) < 4.78 is 38.8. The Hall–Kier alpha value is -2.13. The van der Waals surface area contributed by atoms with Gasteiger partial charge in [-0.3, -0.25) is 4.79 Å². The Kier molecular flexibility index (Phi) is 6.38. The molecule has 0 saturated carbocycles. The maximum Gasteiger partial charge on any atom is 0.287 e. The predicted octanol–water partition coefficient (Wildman–Crippen LogP) is 1.53. The molecular weight excluding hydrogens is 346 g/mol. The minimum Gasteiger partial charge on any atom is -0.494 e. The zero-order valence-electron chi connectivity index (χ0n) is 14.5. The third-order valence-corrected chi connectivity index (χ3v) is 4.61. The minimum atomic E-state index is -3.93. The summed E-state index contributed by atoms with van der Waals surface area (Å²) >= 11 is 0. The second-order valence-electron chi connectivity index (χ2n) is 5.66. The van der Waals surface area contributed by atoms with Gasteiger partial charge in [-0.2, -0.15) is 8.42 Å². The first-order valence-electron chi connectivity index (χ1n) is 8.12. The van der Waals surface area contributed by atoms with E-state index in [-0.39, 0.29) is 22.5 Å². The van der Waals surface area contributed by atoms with Crippen LogP contribution in [0.4, 0.5) is 5.69 Å². The monoisotopic (exact) mass is 369 g/mol. The minimum absolute atomic E-state index is 0.0119. The van der Waals surface area contributed by atoms with E-state index in [0.717, 1.165) is 0 Å². The van der Waals surface area contributed by atoms with Crippen molar-refractivity contribution in [3.8, 4) is 5.75 Å². The maximum atomic E-state index is 12.2. The van der Waals surface area contributed by atoms with E-state index in [1.807, 2.05) is 20.8 Å². The van der Waals surface area contributed by atoms with Gasteiger partial charge in [0.2, 0.25) is 5.84 Å². The Morgan fingerprint density at radius 1 is 1.36 bits per heavy atom. The van der Waals surface area contributed by atoms with Crippen LogP contribution in [0.25, 0.3) is 0 Å². The van der Waals surface area contributed by atoms with Gasteiger partial charge in [-0.15, -0.1) is 4.40 Å². The van der Waals surface area contributed by atoms with Crippen LogP contribution in [-0.4, -0.2) is 46.0 Å². The first kappa shape index (κ1) is 19.2. The van der Waals surface area contributed by atoms with Gasteiger partial charge in [0.05, 0.1) is 18.4 Å². The molecule has 25 heavy (non-hydrogen) atoms. The van der Waals surface area contributed by atoms with Gasteiger partial charge in [-0.25, -0.2) is 0 Å². The van der Waals surface area contributed by atoms with Crippen LogP contribution >= 0.6 is 0 Å². The lowest BCUT2D eigenvalue weighted by atomic mass is 10.3. The van der Waals surface area contributed by atoms with E-state index in [9.17, 15) is 13.2 Å². The molecule has 9 heteroatoms. The third-order valence-electron chi connectivity index (χ3n) is 3.28. The highest BCUT2D eigenvalue weighted by atomic mass is 32.2. The molecule has 0 radical (unpaired) electrons. The summed E-state index contributed by atoms with van der Waals surface area (Å²) in [5, 5.41) is 5.38. The van der Waals surface area contributed by atoms with Crippen molar-refractivity contribution in [3.63, 3.8) is 0 Å². The Morgan fingerprint density at radius 3 is 2.80 bits per heavy atom. The summed E-state index contributed by atoms with van der Waals surface area (Å²) in [7, 11) is -3.93. The van der Waals surface area contributed by atoms with Gasteiger partial charge in [0.15, 0.2) is 0 Å². The summed E-state index contributed by atoms with van der Waals surface area (Å²) in [6, 6.07) is 4.50. The van der Waals surface area contributed by atoms with Crippen LogP contribution in [0.5, 0.6) is 5.75 Å². The average Bonchev–Trinajstić information content (AvgIpc) is 2.53. The second-order valence-corrected chi connectivity index (χ2v) is 7.23. The van der Waals surface area contributed by atoms with Crippen LogP contribution < -0.4 is 15.4 Å². The number of rotatable bonds is 8. The van der Waals surface area contributed by atoms with Gasteiger partial charge in [-0.05, 0) is 39.3 Å². The molecule has 1 aromatic carbocycles. The fraction of sp³-hybridized carbons (Fsp3) is 0.500. The van der Waals surface area contributed by atoms with Gasteiger partial charge in [0.25, 0.3) is 15.9 Å². The zero-order valence-corrected chi connectivity index (χ0v) is 15.4. The average molecular weight is 369 g/mol. The van der Waals surface area contributed by atoms with Crippen molar-refractivity contribution in [2.75, 3.05) is 25.1 Å². The Bertz CT molecular complexity index is 759. The van der Waals surface area contributed by atoms with Crippen molar-refractivity contribution < 1.29 is 22.7 Å². The third kappa shape index (κ3) is 5.17. The number of ether oxygens (including phenoxy) is 2. The van der Waals surface area contributed by atoms with Crippen molar-refractivity contribution in [2.45, 2.75) is 38.2 Å². The standard InChI is InChI=1S/C16H23N3O5S/c1-4-23-12-6-7-14-13(10-12)18-15(19-25(14,21)22)16(20)17-8-5-9-24-11(2)3/h6-7,10-11H,4-5,8-9H2,1-3H3,(H,17,20)(H,18,19). The smallest absolute Gasteiger partial charge is 0.287 e. The number of carbonyl (C=O) groups is 1. The molecule has 0 fully saturated rings. The largest absolute Gasteiger partial charge is 0.494 e. The van der Waals surface area contributed by atoms with Gasteiger partial charge in [0.1, 0.15) is 10.6 Å². The van der Waals surface area contributed by atoms with E-state index in [1.54, 1.807) is 6.07 Å². The number of hydrogen-bond acceptors (Lipinski definition) is 6. The van der Waals surface area contributed by atoms with Gasteiger partial charge in [0, 0.05) is 19.2 Å². The SMILES string of the molecule is CCOc1ccc2c(c1)NC(C(=O)NCCCOC(C)C)=NS2(=O)=O. The summed E-state index contributed by atoms with van der Waals surface area (Å²) in [5.74, 6) is -0.331. The van der Waals surface area contributed by atoms with Crippen LogP contribution in [0.15, 0.2) is 27.5 Å². The molecule has 2 rings (SSSR count). The molecule has 1 aromatic rings. The number of sulfonamides is 1. The van der Waals surface area contributed by atoms with E-state index in [2.05, 4.69) is 15.0 Å². The molecule has 1 heterocycles. The number of benzene rings is 1. The van der Waals surface area contributed by atoms with Gasteiger partial charge < -0.3 is 20.1 Å². The Balaban J connectivity index is 2.04. The number of amidine groups is 1. The number of nitrogens with zero attached hydrogens (tertiary/aromatic N) is 1. The lowest BCUT2D eigenvalue weighted by Crippen LogP contribution is -2.38. The Labute approximate surface area is 147 Å². The Morgan fingerprint density at radius 2 is 2.12 bits per heavy atom. The fourth-order valence-corrected chi connectivity index (χ4v) is 3.28. The summed E-state index contributed by atoms with van der Waals surface area (Å²) in [6.45, 7) is 7.00. The number of amides is 1.